The van der Waals surface area contributed by atoms with E-state index in [1.807, 2.05) is 0 Å². The van der Waals surface area contributed by atoms with Crippen LogP contribution in [0.2, 0.25) is 0 Å². The van der Waals surface area contributed by atoms with Crippen LogP contribution in [0.15, 0.2) is 0 Å². The Balaban J connectivity index is -0.0000000450. The fourth-order valence-corrected chi connectivity index (χ4v) is 0. The van der Waals surface area contributed by atoms with Gasteiger partial charge in [-0.05, 0) is 0 Å². The minimum Gasteiger partial charge on any atom is -0.134 e. The molecule has 0 aliphatic carbocycles. The van der Waals surface area contributed by atoms with Crippen LogP contribution in [-0.4, -0.2) is 9.79 Å². The van der Waals surface area contributed by atoms with Crippen LogP contribution in [0.5, 0.6) is 0 Å². The maximum atomic E-state index is 8.70. The third-order valence-electron chi connectivity index (χ3n) is 0. The van der Waals surface area contributed by atoms with E-state index < -0.39 is 8.25 Å². The minimum absolute atomic E-state index is 0. The van der Waals surface area contributed by atoms with E-state index in [0.29, 0.717) is 0 Å². The van der Waals surface area contributed by atoms with Crippen molar-refractivity contribution in [3.63, 3.8) is 0 Å². The second-order valence-electron chi connectivity index (χ2n) is 0.253. The molecule has 0 spiro atoms. The Hall–Kier alpha value is 2.72. The molecule has 0 bridgehead atoms. The molecule has 0 atom stereocenters. The summed E-state index contributed by atoms with van der Waals surface area (Å²) in [5.41, 5.74) is 0. The van der Waals surface area contributed by atoms with Crippen LogP contribution in [0.1, 0.15) is 0 Å². The minimum atomic E-state index is -2.87. The molecule has 0 aliphatic rings. The molecule has 0 aromatic heterocycles. The van der Waals surface area contributed by atoms with E-state index in [1.165, 1.54) is 0 Å². The van der Waals surface area contributed by atoms with Crippen LogP contribution in [0.25, 0.3) is 0 Å². The van der Waals surface area contributed by atoms with Crippen LogP contribution < -0.4 is 0 Å². The van der Waals surface area contributed by atoms with Crippen LogP contribution >= 0.6 is 8.25 Å². The molecule has 0 aliphatic heterocycles. The Morgan fingerprint density at radius 2 is 1.17 bits per heavy atom. The van der Waals surface area contributed by atoms with Gasteiger partial charge in [-0.15, -0.1) is 9.79 Å². The molecule has 0 fully saturated rings. The van der Waals surface area contributed by atoms with Gasteiger partial charge in [0.1, 0.15) is 0 Å². The third-order valence-corrected chi connectivity index (χ3v) is 0. The summed E-state index contributed by atoms with van der Waals surface area (Å²) < 4.78 is 8.70. The topological polar surface area (TPSA) is 57.5 Å². The van der Waals surface area contributed by atoms with E-state index in [0.717, 1.165) is 0 Å². The zero-order valence-corrected chi connectivity index (χ0v) is 10.1. The first kappa shape index (κ1) is 15.9. The average Bonchev–Trinajstić information content (AvgIpc) is 0.811. The zero-order valence-electron chi connectivity index (χ0n) is 2.75. The fourth-order valence-electron chi connectivity index (χ4n) is 0. The smallest absolute Gasteiger partial charge is 0.134 e. The molecule has 0 amide bonds. The number of rotatable bonds is 0. The van der Waals surface area contributed by atoms with Gasteiger partial charge in [-0.2, -0.15) is 0 Å². The number of hydrogen-bond acceptors (Lipinski definition) is 1. The maximum absolute atomic E-state index is 8.70. The van der Waals surface area contributed by atoms with Crippen LogP contribution in [0.4, 0.5) is 0 Å². The van der Waals surface area contributed by atoms with Gasteiger partial charge >= 0.3 is 8.25 Å². The molecule has 0 heterocycles. The van der Waals surface area contributed by atoms with Crippen molar-refractivity contribution in [2.45, 2.75) is 0 Å². The molecular formula is H2Nd2O3P+. The average molecular weight is 369 g/mol. The van der Waals surface area contributed by atoms with Gasteiger partial charge in [0.05, 0.1) is 0 Å². The van der Waals surface area contributed by atoms with Crippen molar-refractivity contribution in [1.29, 1.82) is 0 Å². The van der Waals surface area contributed by atoms with Gasteiger partial charge in [0.25, 0.3) is 0 Å². The van der Waals surface area contributed by atoms with Gasteiger partial charge in [-0.25, -0.2) is 0 Å². The molecule has 0 radical (unpaired) electrons. The van der Waals surface area contributed by atoms with E-state index in [-0.39, 0.29) is 81.7 Å². The quantitative estimate of drug-likeness (QED) is 0.573. The van der Waals surface area contributed by atoms with Gasteiger partial charge in [-0.3, -0.25) is 0 Å². The van der Waals surface area contributed by atoms with Crippen molar-refractivity contribution in [3.05, 3.63) is 0 Å². The zero-order chi connectivity index (χ0) is 3.58. The van der Waals surface area contributed by atoms with E-state index >= 15 is 0 Å². The largest absolute Gasteiger partial charge is 0.692 e. The summed E-state index contributed by atoms with van der Waals surface area (Å²) in [6.45, 7) is 0. The van der Waals surface area contributed by atoms with Crippen molar-refractivity contribution >= 4 is 8.25 Å². The summed E-state index contributed by atoms with van der Waals surface area (Å²) in [6.07, 6.45) is 0. The molecule has 0 saturated heterocycles. The first-order chi connectivity index (χ1) is 1.73. The van der Waals surface area contributed by atoms with Crippen LogP contribution in [-0.2, 0) is 4.57 Å². The Kier molecular flexibility index (Phi) is 28.2. The van der Waals surface area contributed by atoms with Crippen LogP contribution in [0, 0.1) is 81.7 Å². The maximum Gasteiger partial charge on any atom is 0.692 e. The molecule has 0 saturated carbocycles. The summed E-state index contributed by atoms with van der Waals surface area (Å²) in [5, 5.41) is 0. The predicted octanol–water partition coefficient (Wildman–Crippen LogP) is -0.372. The van der Waals surface area contributed by atoms with E-state index in [9.17, 15) is 0 Å². The Morgan fingerprint density at radius 3 is 1.17 bits per heavy atom. The molecular weight excluding hydrogens is 367 g/mol. The van der Waals surface area contributed by atoms with Gasteiger partial charge in [0.2, 0.25) is 0 Å². The molecule has 0 aromatic carbocycles. The van der Waals surface area contributed by atoms with Gasteiger partial charge < -0.3 is 0 Å². The molecule has 2 N–H and O–H groups in total. The second kappa shape index (κ2) is 10.7. The fraction of sp³-hybridized carbons (Fsp3) is 0. The predicted molar refractivity (Wildman–Crippen MR) is 12.0 cm³/mol. The van der Waals surface area contributed by atoms with E-state index in [2.05, 4.69) is 0 Å². The van der Waals surface area contributed by atoms with E-state index in [4.69, 9.17) is 14.4 Å². The SMILES string of the molecule is O=[P+](O)O.[Nd].[Nd]. The number of hydrogen-bond donors (Lipinski definition) is 2. The van der Waals surface area contributed by atoms with Crippen LogP contribution in [0.3, 0.4) is 0 Å². The molecule has 0 aromatic rings. The third kappa shape index (κ3) is 29.7. The Labute approximate surface area is 102 Å². The normalized spacial score (nSPS) is 4.33. The summed E-state index contributed by atoms with van der Waals surface area (Å²) in [5.74, 6) is 0. The Bertz CT molecular complexity index is 31.8. The summed E-state index contributed by atoms with van der Waals surface area (Å²) in [7, 11) is -2.87. The Morgan fingerprint density at radius 1 is 1.17 bits per heavy atom. The van der Waals surface area contributed by atoms with Crippen molar-refractivity contribution in [2.24, 2.45) is 0 Å². The van der Waals surface area contributed by atoms with Crippen molar-refractivity contribution < 1.29 is 96.0 Å². The molecule has 6 heteroatoms. The monoisotopic (exact) mass is 365 g/mol. The van der Waals surface area contributed by atoms with Crippen molar-refractivity contribution in [3.8, 4) is 0 Å². The van der Waals surface area contributed by atoms with Crippen molar-refractivity contribution in [1.82, 2.24) is 0 Å². The van der Waals surface area contributed by atoms with Gasteiger partial charge in [0, 0.05) is 86.2 Å². The molecule has 0 rings (SSSR count). The van der Waals surface area contributed by atoms with Crippen molar-refractivity contribution in [2.75, 3.05) is 0 Å². The molecule has 32 valence electrons. The summed E-state index contributed by atoms with van der Waals surface area (Å²) >= 11 is 0. The summed E-state index contributed by atoms with van der Waals surface area (Å²) in [6, 6.07) is 0. The second-order valence-corrected chi connectivity index (χ2v) is 0.758. The van der Waals surface area contributed by atoms with E-state index in [1.54, 1.807) is 0 Å². The first-order valence-electron chi connectivity index (χ1n) is 0.583. The molecule has 6 heavy (non-hydrogen) atoms. The molecule has 0 unspecified atom stereocenters. The van der Waals surface area contributed by atoms with Gasteiger partial charge in [-0.1, -0.05) is 0 Å². The first-order valence-corrected chi connectivity index (χ1v) is 1.75. The molecule has 3 nitrogen and oxygen atoms in total. The summed E-state index contributed by atoms with van der Waals surface area (Å²) in [4.78, 5) is 14.2. The standard InChI is InChI=1S/2Nd.HO3P/c;;1-4(2)3/h;;(H-,1,2,3)/p+1. The van der Waals surface area contributed by atoms with Gasteiger partial charge in [0.15, 0.2) is 0 Å².